The molecule has 2 heterocycles. The lowest BCUT2D eigenvalue weighted by atomic mass is 9.84. The highest BCUT2D eigenvalue weighted by molar-refractivity contribution is 8.00. The molecule has 0 fully saturated rings. The Labute approximate surface area is 428 Å². The second-order valence-electron chi connectivity index (χ2n) is 17.2. The summed E-state index contributed by atoms with van der Waals surface area (Å²) in [4.78, 5) is 122. The van der Waals surface area contributed by atoms with E-state index in [9.17, 15) is 53.7 Å². The van der Waals surface area contributed by atoms with Gasteiger partial charge in [-0.25, -0.2) is 19.6 Å². The summed E-state index contributed by atoms with van der Waals surface area (Å²) in [5, 5.41) is 39.5. The lowest BCUT2D eigenvalue weighted by Gasteiger charge is -2.28. The number of fused-ring (bicyclic) bond motifs is 2. The second kappa shape index (κ2) is 26.3. The van der Waals surface area contributed by atoms with Gasteiger partial charge in [-0.15, -0.1) is 11.8 Å². The van der Waals surface area contributed by atoms with Crippen molar-refractivity contribution in [2.24, 2.45) is 27.2 Å². The van der Waals surface area contributed by atoms with E-state index < -0.39 is 91.0 Å². The molecule has 5 rings (SSSR count). The minimum Gasteiger partial charge on any atom is -0.481 e. The van der Waals surface area contributed by atoms with Gasteiger partial charge in [0.2, 0.25) is 23.6 Å². The van der Waals surface area contributed by atoms with Crippen LogP contribution in [0.25, 0.3) is 5.57 Å². The van der Waals surface area contributed by atoms with Gasteiger partial charge in [0.25, 0.3) is 5.91 Å². The summed E-state index contributed by atoms with van der Waals surface area (Å²) in [5.41, 5.74) is 20.3. The maximum absolute atomic E-state index is 13.9. The van der Waals surface area contributed by atoms with Gasteiger partial charge in [-0.05, 0) is 61.3 Å². The van der Waals surface area contributed by atoms with Crippen LogP contribution in [-0.2, 0) is 44.8 Å². The van der Waals surface area contributed by atoms with Gasteiger partial charge in [0.05, 0.1) is 29.9 Å². The lowest BCUT2D eigenvalue weighted by molar-refractivity contribution is -0.142. The number of carboxylic acid groups (broad SMARTS) is 3. The molecule has 1 aliphatic carbocycles. The number of anilines is 2. The summed E-state index contributed by atoms with van der Waals surface area (Å²) in [6.07, 6.45) is 5.71. The number of imidazole rings is 1. The summed E-state index contributed by atoms with van der Waals surface area (Å²) < 4.78 is 6.38. The number of thioether (sulfide) groups is 1. The largest absolute Gasteiger partial charge is 0.481 e. The number of aromatic nitrogens is 2. The molecule has 0 unspecified atom stereocenters. The van der Waals surface area contributed by atoms with Gasteiger partial charge < -0.3 is 73.3 Å². The number of hydrogen-bond donors (Lipinski definition) is 11. The summed E-state index contributed by atoms with van der Waals surface area (Å²) in [7, 11) is 7.54. The highest BCUT2D eigenvalue weighted by Crippen LogP contribution is 2.48. The molecule has 26 heteroatoms. The normalized spacial score (nSPS) is 14.6. The Hall–Kier alpha value is -8.52. The second-order valence-corrected chi connectivity index (χ2v) is 18.2. The number of carbonyl (C=O) groups excluding carboxylic acids is 5. The molecule has 3 aromatic rings. The number of benzene rings is 2. The Morgan fingerprint density at radius 1 is 0.797 bits per heavy atom. The van der Waals surface area contributed by atoms with Crippen molar-refractivity contribution in [3.63, 3.8) is 0 Å². The number of carbonyl (C=O) groups is 8. The van der Waals surface area contributed by atoms with Crippen molar-refractivity contribution in [3.05, 3.63) is 95.1 Å². The Kier molecular flexibility index (Phi) is 20.0. The van der Waals surface area contributed by atoms with Crippen LogP contribution >= 0.6 is 11.8 Å². The number of H-pyrrole nitrogens is 1. The average molecular weight is 1040 g/mol. The number of nitrogens with one attached hydrogen (secondary N) is 5. The third-order valence-corrected chi connectivity index (χ3v) is 12.3. The van der Waals surface area contributed by atoms with Crippen LogP contribution in [-0.4, -0.2) is 161 Å². The zero-order chi connectivity index (χ0) is 54.2. The molecule has 1 aliphatic heterocycles. The monoisotopic (exact) mass is 1040 g/mol. The quantitative estimate of drug-likeness (QED) is 0.0234. The fraction of sp³-hybridized carbons (Fsp3) is 0.354. The van der Waals surface area contributed by atoms with Gasteiger partial charge in [-0.1, -0.05) is 6.08 Å². The van der Waals surface area contributed by atoms with Gasteiger partial charge in [0, 0.05) is 105 Å². The van der Waals surface area contributed by atoms with Crippen LogP contribution in [0.5, 0.6) is 11.5 Å². The number of aliphatic imine (C=N–C) groups is 2. The van der Waals surface area contributed by atoms with Gasteiger partial charge in [0.1, 0.15) is 35.7 Å². The molecule has 0 saturated heterocycles. The van der Waals surface area contributed by atoms with E-state index >= 15 is 0 Å². The third-order valence-electron chi connectivity index (χ3n) is 11.3. The first-order valence-corrected chi connectivity index (χ1v) is 24.1. The minimum absolute atomic E-state index is 0.0228. The number of allylic oxidation sites excluding steroid dienone is 3. The highest BCUT2D eigenvalue weighted by Gasteiger charge is 2.33. The molecule has 0 spiro atoms. The molecule has 2 aliphatic rings. The number of aliphatic carboxylic acids is 3. The number of carboxylic acids is 3. The van der Waals surface area contributed by atoms with E-state index in [1.807, 2.05) is 74.4 Å². The third kappa shape index (κ3) is 15.7. The Morgan fingerprint density at radius 3 is 1.96 bits per heavy atom. The molecular formula is C48H59N13O12S. The maximum atomic E-state index is 13.9. The number of nitrogens with two attached hydrogens (primary N) is 3. The molecule has 0 radical (unpaired) electrons. The number of aromatic amines is 1. The first-order valence-electron chi connectivity index (χ1n) is 22.9. The first-order chi connectivity index (χ1) is 35.1. The van der Waals surface area contributed by atoms with Crippen LogP contribution in [0.1, 0.15) is 42.5 Å². The molecule has 0 bridgehead atoms. The van der Waals surface area contributed by atoms with Crippen molar-refractivity contribution in [1.29, 1.82) is 0 Å². The van der Waals surface area contributed by atoms with Crippen molar-refractivity contribution < 1.29 is 58.4 Å². The zero-order valence-electron chi connectivity index (χ0n) is 40.9. The fourth-order valence-corrected chi connectivity index (χ4v) is 8.35. The summed E-state index contributed by atoms with van der Waals surface area (Å²) in [6.45, 7) is -0.482. The van der Waals surface area contributed by atoms with E-state index in [1.165, 1.54) is 24.7 Å². The Bertz CT molecular complexity index is 2730. The van der Waals surface area contributed by atoms with Crippen LogP contribution < -0.4 is 53.0 Å². The number of ether oxygens (including phenoxy) is 1. The van der Waals surface area contributed by atoms with E-state index in [-0.39, 0.29) is 54.6 Å². The van der Waals surface area contributed by atoms with E-state index in [1.54, 1.807) is 6.08 Å². The van der Waals surface area contributed by atoms with Crippen LogP contribution in [0, 0.1) is 0 Å². The van der Waals surface area contributed by atoms with E-state index in [0.717, 1.165) is 23.1 Å². The predicted molar refractivity (Wildman–Crippen MR) is 276 cm³/mol. The summed E-state index contributed by atoms with van der Waals surface area (Å²) >= 11 is 0.858. The van der Waals surface area contributed by atoms with Crippen molar-refractivity contribution >= 4 is 87.8 Å². The number of rotatable bonds is 25. The summed E-state index contributed by atoms with van der Waals surface area (Å²) in [5.74, 6) is -8.33. The van der Waals surface area contributed by atoms with Crippen LogP contribution in [0.3, 0.4) is 0 Å². The van der Waals surface area contributed by atoms with E-state index in [2.05, 4.69) is 41.2 Å². The number of hydrogen-bond acceptors (Lipinski definition) is 15. The molecular weight excluding hydrogens is 983 g/mol. The highest BCUT2D eigenvalue weighted by atomic mass is 32.2. The minimum atomic E-state index is -1.62. The van der Waals surface area contributed by atoms with Crippen molar-refractivity contribution in [3.8, 4) is 11.5 Å². The lowest BCUT2D eigenvalue weighted by Crippen LogP contribution is -2.58. The maximum Gasteiger partial charge on any atom is 0.336 e. The molecule has 1 aromatic heterocycles. The van der Waals surface area contributed by atoms with Gasteiger partial charge in [0.15, 0.2) is 5.96 Å². The average Bonchev–Trinajstić information content (AvgIpc) is 3.87. The number of amides is 5. The molecule has 14 N–H and O–H groups in total. The Morgan fingerprint density at radius 2 is 1.41 bits per heavy atom. The topological polar surface area (TPSA) is 393 Å². The molecule has 5 amide bonds. The number of nitrogens with zero attached hydrogens (tertiary/aromatic N) is 5. The van der Waals surface area contributed by atoms with E-state index in [0.29, 0.717) is 39.5 Å². The first kappa shape index (κ1) is 56.4. The molecule has 74 heavy (non-hydrogen) atoms. The molecule has 0 saturated carbocycles. The van der Waals surface area contributed by atoms with Gasteiger partial charge >= 0.3 is 17.9 Å². The molecule has 25 nitrogen and oxygen atoms in total. The molecule has 2 aromatic carbocycles. The standard InChI is InChI=1S/C48H59N13O12S/c1-60(2)27-8-11-30-37(18-27)73-38-19-28(61(3)4)9-12-31(38)42(30)29-10-7-25(16-32(29)46(69)70)55-40(63)23-74-22-36(56-39(62)20-49)45(68)57-33(13-14-41(64)65)43(66)59-35(17-26-21-52-24-54-26)44(67)58-34(47(71)72)6-5-15-53-48(50)51/h7-12,16,18-19,21,24,33-36H,5-6,13-15,17,20,22-23,49H2,1-4H3,(H,52,54)(H,56,62)(H,57,68)(H,58,67)(H,59,66)(H,64,65)(H,69,70)(H,71,72)(H4,50,51,53)/t33-,34-,35-,36-/m0/s1. The van der Waals surface area contributed by atoms with E-state index in [4.69, 9.17) is 21.9 Å². The molecule has 4 atom stereocenters. The van der Waals surface area contributed by atoms with Crippen LogP contribution in [0.15, 0.2) is 88.3 Å². The zero-order valence-corrected chi connectivity index (χ0v) is 41.7. The number of guanidine groups is 1. The fourth-order valence-electron chi connectivity index (χ4n) is 7.53. The Balaban J connectivity index is 1.33. The smallest absolute Gasteiger partial charge is 0.336 e. The van der Waals surface area contributed by atoms with Crippen LogP contribution in [0.2, 0.25) is 0 Å². The van der Waals surface area contributed by atoms with Gasteiger partial charge in [-0.2, -0.15) is 0 Å². The van der Waals surface area contributed by atoms with Crippen molar-refractivity contribution in [1.82, 2.24) is 31.2 Å². The SMILES string of the molecule is CN(C)c1ccc2c(c1)Oc1cc(N(C)C)ccc1C2=C1C=CC(=NC(=O)CSC[C@H](NC(=O)CN)C(=O)N[C@@H](CCC(=O)O)C(=O)N[C@@H](Cc2cnc[nH]2)C(=O)N[C@@H](CCCN=C(N)N)C(=O)O)C=C1C(=O)O. The predicted octanol–water partition coefficient (Wildman–Crippen LogP) is -0.125. The van der Waals surface area contributed by atoms with Crippen molar-refractivity contribution in [2.45, 2.75) is 56.3 Å². The summed E-state index contributed by atoms with van der Waals surface area (Å²) in [6, 6.07) is 5.22. The van der Waals surface area contributed by atoms with Crippen molar-refractivity contribution in [2.75, 3.05) is 62.6 Å². The molecule has 394 valence electrons. The van der Waals surface area contributed by atoms with Crippen LogP contribution in [0.4, 0.5) is 11.4 Å². The van der Waals surface area contributed by atoms with Gasteiger partial charge in [-0.3, -0.25) is 33.8 Å².